The zero-order valence-electron chi connectivity index (χ0n) is 7.85. The summed E-state index contributed by atoms with van der Waals surface area (Å²) >= 11 is 3.22. The van der Waals surface area contributed by atoms with Crippen molar-refractivity contribution in [1.82, 2.24) is 5.32 Å². The molecule has 0 atom stereocenters. The Morgan fingerprint density at radius 3 is 2.54 bits per heavy atom. The van der Waals surface area contributed by atoms with E-state index in [9.17, 15) is 4.79 Å². The lowest BCUT2D eigenvalue weighted by Crippen LogP contribution is -2.40. The first-order chi connectivity index (χ1) is 5.90. The third-order valence-corrected chi connectivity index (χ3v) is 1.94. The van der Waals surface area contributed by atoms with Gasteiger partial charge in [-0.1, -0.05) is 0 Å². The molecule has 1 amide bonds. The molecule has 4 heteroatoms. The van der Waals surface area contributed by atoms with Crippen LogP contribution in [0.25, 0.3) is 0 Å². The molecular formula is C9H12BrNO2. The lowest BCUT2D eigenvalue weighted by molar-refractivity contribution is 0.0890. The van der Waals surface area contributed by atoms with Crippen LogP contribution in [0.4, 0.5) is 0 Å². The van der Waals surface area contributed by atoms with Gasteiger partial charge in [-0.3, -0.25) is 4.79 Å². The van der Waals surface area contributed by atoms with Crippen molar-refractivity contribution in [3.8, 4) is 0 Å². The molecule has 13 heavy (non-hydrogen) atoms. The lowest BCUT2D eigenvalue weighted by Gasteiger charge is -2.19. The van der Waals surface area contributed by atoms with Crippen molar-refractivity contribution in [3.05, 3.63) is 22.6 Å². The van der Waals surface area contributed by atoms with Crippen LogP contribution in [0.1, 0.15) is 31.3 Å². The fraction of sp³-hybridized carbons (Fsp3) is 0.444. The van der Waals surface area contributed by atoms with Crippen molar-refractivity contribution in [3.63, 3.8) is 0 Å². The van der Waals surface area contributed by atoms with Crippen LogP contribution in [0.15, 0.2) is 21.2 Å². The molecule has 3 nitrogen and oxygen atoms in total. The predicted molar refractivity (Wildman–Crippen MR) is 53.6 cm³/mol. The fourth-order valence-corrected chi connectivity index (χ4v) is 1.23. The van der Waals surface area contributed by atoms with Crippen LogP contribution in [-0.2, 0) is 0 Å². The maximum absolute atomic E-state index is 11.5. The molecule has 1 heterocycles. The van der Waals surface area contributed by atoms with Crippen LogP contribution in [0.2, 0.25) is 0 Å². The largest absolute Gasteiger partial charge is 0.458 e. The van der Waals surface area contributed by atoms with Gasteiger partial charge in [-0.2, -0.15) is 0 Å². The predicted octanol–water partition coefficient (Wildman–Crippen LogP) is 2.57. The van der Waals surface area contributed by atoms with E-state index in [0.29, 0.717) is 10.2 Å². The van der Waals surface area contributed by atoms with Gasteiger partial charge < -0.3 is 9.73 Å². The van der Waals surface area contributed by atoms with Crippen molar-refractivity contribution in [1.29, 1.82) is 0 Å². The fourth-order valence-electron chi connectivity index (χ4n) is 0.853. The molecule has 0 saturated heterocycles. The highest BCUT2D eigenvalue weighted by Gasteiger charge is 2.19. The summed E-state index contributed by atoms with van der Waals surface area (Å²) < 4.78 is 5.69. The maximum Gasteiger partial charge on any atom is 0.288 e. The minimum absolute atomic E-state index is 0.204. The van der Waals surface area contributed by atoms with Gasteiger partial charge in [0.2, 0.25) is 5.76 Å². The zero-order valence-corrected chi connectivity index (χ0v) is 9.44. The SMILES string of the molecule is CC(C)(C)NC(=O)c1occc1Br. The van der Waals surface area contributed by atoms with Crippen LogP contribution in [0.3, 0.4) is 0 Å². The lowest BCUT2D eigenvalue weighted by atomic mass is 10.1. The zero-order chi connectivity index (χ0) is 10.1. The second-order valence-electron chi connectivity index (χ2n) is 3.80. The Bertz CT molecular complexity index is 312. The third-order valence-electron chi connectivity index (χ3n) is 1.31. The first-order valence-electron chi connectivity index (χ1n) is 3.95. The van der Waals surface area contributed by atoms with Gasteiger partial charge in [-0.15, -0.1) is 0 Å². The number of furan rings is 1. The summed E-state index contributed by atoms with van der Waals surface area (Å²) in [4.78, 5) is 11.5. The van der Waals surface area contributed by atoms with Gasteiger partial charge in [-0.05, 0) is 42.8 Å². The summed E-state index contributed by atoms with van der Waals surface area (Å²) in [6.45, 7) is 5.76. The quantitative estimate of drug-likeness (QED) is 0.827. The van der Waals surface area contributed by atoms with Crippen molar-refractivity contribution < 1.29 is 9.21 Å². The Morgan fingerprint density at radius 2 is 2.15 bits per heavy atom. The average Bonchev–Trinajstić information content (AvgIpc) is 2.30. The molecule has 0 spiro atoms. The number of halogens is 1. The van der Waals surface area contributed by atoms with Crippen LogP contribution in [0, 0.1) is 0 Å². The molecule has 1 N–H and O–H groups in total. The Hall–Kier alpha value is -0.770. The highest BCUT2D eigenvalue weighted by atomic mass is 79.9. The van der Waals surface area contributed by atoms with E-state index in [4.69, 9.17) is 4.42 Å². The second kappa shape index (κ2) is 3.54. The number of carbonyl (C=O) groups excluding carboxylic acids is 1. The van der Waals surface area contributed by atoms with Crippen molar-refractivity contribution in [2.24, 2.45) is 0 Å². The van der Waals surface area contributed by atoms with Crippen molar-refractivity contribution >= 4 is 21.8 Å². The molecule has 0 fully saturated rings. The molecule has 0 aliphatic carbocycles. The summed E-state index contributed by atoms with van der Waals surface area (Å²) in [5, 5.41) is 2.80. The molecule has 1 aromatic heterocycles. The highest BCUT2D eigenvalue weighted by Crippen LogP contribution is 2.17. The van der Waals surface area contributed by atoms with E-state index in [1.807, 2.05) is 20.8 Å². The summed E-state index contributed by atoms with van der Waals surface area (Å²) in [6, 6.07) is 1.69. The van der Waals surface area contributed by atoms with Crippen LogP contribution in [0.5, 0.6) is 0 Å². The number of hydrogen-bond acceptors (Lipinski definition) is 2. The molecule has 0 aliphatic heterocycles. The monoisotopic (exact) mass is 245 g/mol. The molecule has 1 aromatic rings. The standard InChI is InChI=1S/C9H12BrNO2/c1-9(2,3)11-8(12)7-6(10)4-5-13-7/h4-5H,1-3H3,(H,11,12). The van der Waals surface area contributed by atoms with E-state index in [1.54, 1.807) is 6.07 Å². The Labute approximate surface area is 85.6 Å². The van der Waals surface area contributed by atoms with Gasteiger partial charge in [0, 0.05) is 5.54 Å². The van der Waals surface area contributed by atoms with E-state index in [2.05, 4.69) is 21.2 Å². The summed E-state index contributed by atoms with van der Waals surface area (Å²) in [6.07, 6.45) is 1.47. The normalized spacial score (nSPS) is 11.4. The minimum atomic E-state index is -0.247. The van der Waals surface area contributed by atoms with Crippen LogP contribution in [-0.4, -0.2) is 11.4 Å². The average molecular weight is 246 g/mol. The maximum atomic E-state index is 11.5. The molecular weight excluding hydrogens is 234 g/mol. The molecule has 0 unspecified atom stereocenters. The Balaban J connectivity index is 2.76. The molecule has 0 aromatic carbocycles. The van der Waals surface area contributed by atoms with E-state index in [1.165, 1.54) is 6.26 Å². The van der Waals surface area contributed by atoms with Gasteiger partial charge >= 0.3 is 0 Å². The number of carbonyl (C=O) groups is 1. The molecule has 0 radical (unpaired) electrons. The molecule has 1 rings (SSSR count). The van der Waals surface area contributed by atoms with E-state index in [-0.39, 0.29) is 11.4 Å². The number of hydrogen-bond donors (Lipinski definition) is 1. The molecule has 0 bridgehead atoms. The van der Waals surface area contributed by atoms with Crippen molar-refractivity contribution in [2.45, 2.75) is 26.3 Å². The van der Waals surface area contributed by atoms with Gasteiger partial charge in [0.25, 0.3) is 5.91 Å². The van der Waals surface area contributed by atoms with Crippen LogP contribution < -0.4 is 5.32 Å². The van der Waals surface area contributed by atoms with Gasteiger partial charge in [-0.25, -0.2) is 0 Å². The van der Waals surface area contributed by atoms with Crippen molar-refractivity contribution in [2.75, 3.05) is 0 Å². The van der Waals surface area contributed by atoms with Gasteiger partial charge in [0.05, 0.1) is 10.7 Å². The Morgan fingerprint density at radius 1 is 1.54 bits per heavy atom. The second-order valence-corrected chi connectivity index (χ2v) is 4.66. The Kier molecular flexibility index (Phi) is 2.81. The van der Waals surface area contributed by atoms with E-state index < -0.39 is 0 Å². The van der Waals surface area contributed by atoms with Crippen LogP contribution >= 0.6 is 15.9 Å². The smallest absolute Gasteiger partial charge is 0.288 e. The summed E-state index contributed by atoms with van der Waals surface area (Å²) in [5.74, 6) is 0.110. The topological polar surface area (TPSA) is 42.2 Å². The first-order valence-corrected chi connectivity index (χ1v) is 4.75. The molecule has 0 aliphatic rings. The van der Waals surface area contributed by atoms with Gasteiger partial charge in [0.1, 0.15) is 0 Å². The number of nitrogens with one attached hydrogen (secondary N) is 1. The molecule has 0 saturated carbocycles. The number of amides is 1. The number of rotatable bonds is 1. The highest BCUT2D eigenvalue weighted by molar-refractivity contribution is 9.10. The molecule has 72 valence electrons. The van der Waals surface area contributed by atoms with E-state index >= 15 is 0 Å². The van der Waals surface area contributed by atoms with Gasteiger partial charge in [0.15, 0.2) is 0 Å². The third kappa shape index (κ3) is 2.88. The minimum Gasteiger partial charge on any atom is -0.458 e. The first kappa shape index (κ1) is 10.3. The summed E-state index contributed by atoms with van der Waals surface area (Å²) in [5.41, 5.74) is -0.247. The van der Waals surface area contributed by atoms with E-state index in [0.717, 1.165) is 0 Å². The summed E-state index contributed by atoms with van der Waals surface area (Å²) in [7, 11) is 0.